The van der Waals surface area contributed by atoms with Crippen LogP contribution >= 0.6 is 0 Å². The van der Waals surface area contributed by atoms with Crippen LogP contribution in [0.1, 0.15) is 31.4 Å². The van der Waals surface area contributed by atoms with Crippen LogP contribution in [0.3, 0.4) is 0 Å². The molecule has 13 heavy (non-hydrogen) atoms. The topological polar surface area (TPSA) is 12.0 Å². The van der Waals surface area contributed by atoms with Gasteiger partial charge in [-0.1, -0.05) is 25.5 Å². The molecule has 1 aromatic rings. The van der Waals surface area contributed by atoms with Gasteiger partial charge in [-0.15, -0.1) is 0 Å². The van der Waals surface area contributed by atoms with Crippen molar-refractivity contribution in [3.63, 3.8) is 0 Å². The first-order chi connectivity index (χ1) is 6.27. The van der Waals surface area contributed by atoms with Crippen molar-refractivity contribution in [2.24, 2.45) is 0 Å². The molecule has 1 nitrogen and oxygen atoms in total. The highest BCUT2D eigenvalue weighted by Gasteiger charge is 2.06. The fourth-order valence-electron chi connectivity index (χ4n) is 1.46. The Morgan fingerprint density at radius 3 is 2.38 bits per heavy atom. The second-order valence-electron chi connectivity index (χ2n) is 3.18. The minimum atomic E-state index is -0.171. The smallest absolute Gasteiger partial charge is 0.123 e. The molecule has 0 unspecified atom stereocenters. The monoisotopic (exact) mass is 181 g/mol. The summed E-state index contributed by atoms with van der Waals surface area (Å²) in [6.07, 6.45) is 2.21. The summed E-state index contributed by atoms with van der Waals surface area (Å²) in [4.78, 5) is 0. The van der Waals surface area contributed by atoms with Crippen molar-refractivity contribution in [3.05, 3.63) is 35.6 Å². The summed E-state index contributed by atoms with van der Waals surface area (Å²) in [6, 6.07) is 7.05. The molecule has 1 atom stereocenters. The SMILES string of the molecule is CCC[C@H](NC)c1ccc(F)cc1. The maximum Gasteiger partial charge on any atom is 0.123 e. The Bertz CT molecular complexity index is 243. The van der Waals surface area contributed by atoms with Crippen LogP contribution in [-0.4, -0.2) is 7.05 Å². The molecular formula is C11H16FN. The second-order valence-corrected chi connectivity index (χ2v) is 3.18. The summed E-state index contributed by atoms with van der Waals surface area (Å²) in [7, 11) is 1.93. The molecule has 0 aliphatic carbocycles. The van der Waals surface area contributed by atoms with Gasteiger partial charge in [0.15, 0.2) is 0 Å². The molecule has 0 amide bonds. The highest BCUT2D eigenvalue weighted by Crippen LogP contribution is 2.17. The van der Waals surface area contributed by atoms with Gasteiger partial charge in [-0.2, -0.15) is 0 Å². The van der Waals surface area contributed by atoms with E-state index in [1.54, 1.807) is 0 Å². The zero-order chi connectivity index (χ0) is 9.68. The molecule has 1 aromatic carbocycles. The Balaban J connectivity index is 2.73. The van der Waals surface area contributed by atoms with Crippen LogP contribution in [0.5, 0.6) is 0 Å². The Labute approximate surface area is 79.0 Å². The van der Waals surface area contributed by atoms with Crippen molar-refractivity contribution < 1.29 is 4.39 Å². The molecule has 0 aliphatic rings. The Hall–Kier alpha value is -0.890. The third kappa shape index (κ3) is 2.81. The Kier molecular flexibility index (Phi) is 3.90. The molecule has 72 valence electrons. The molecular weight excluding hydrogens is 165 g/mol. The van der Waals surface area contributed by atoms with Gasteiger partial charge < -0.3 is 5.32 Å². The first-order valence-electron chi connectivity index (χ1n) is 4.70. The van der Waals surface area contributed by atoms with E-state index in [-0.39, 0.29) is 5.82 Å². The van der Waals surface area contributed by atoms with E-state index in [4.69, 9.17) is 0 Å². The van der Waals surface area contributed by atoms with E-state index >= 15 is 0 Å². The second kappa shape index (κ2) is 4.97. The van der Waals surface area contributed by atoms with Crippen LogP contribution < -0.4 is 5.32 Å². The molecule has 0 aromatic heterocycles. The summed E-state index contributed by atoms with van der Waals surface area (Å²) < 4.78 is 12.6. The third-order valence-electron chi connectivity index (χ3n) is 2.20. The summed E-state index contributed by atoms with van der Waals surface area (Å²) in [6.45, 7) is 2.15. The van der Waals surface area contributed by atoms with E-state index in [0.717, 1.165) is 18.4 Å². The van der Waals surface area contributed by atoms with Crippen LogP contribution in [0.15, 0.2) is 24.3 Å². The predicted octanol–water partition coefficient (Wildman–Crippen LogP) is 2.89. The van der Waals surface area contributed by atoms with E-state index in [1.165, 1.54) is 12.1 Å². The van der Waals surface area contributed by atoms with Crippen molar-refractivity contribution in [1.29, 1.82) is 0 Å². The molecule has 0 fully saturated rings. The summed E-state index contributed by atoms with van der Waals surface area (Å²) >= 11 is 0. The lowest BCUT2D eigenvalue weighted by molar-refractivity contribution is 0.539. The molecule has 1 N–H and O–H groups in total. The van der Waals surface area contributed by atoms with Gasteiger partial charge in [-0.05, 0) is 31.2 Å². The van der Waals surface area contributed by atoms with Gasteiger partial charge in [-0.25, -0.2) is 4.39 Å². The number of halogens is 1. The normalized spacial score (nSPS) is 12.8. The number of nitrogens with one attached hydrogen (secondary N) is 1. The van der Waals surface area contributed by atoms with E-state index in [2.05, 4.69) is 12.2 Å². The molecule has 0 saturated carbocycles. The molecule has 0 radical (unpaired) electrons. The van der Waals surface area contributed by atoms with Gasteiger partial charge in [-0.3, -0.25) is 0 Å². The zero-order valence-corrected chi connectivity index (χ0v) is 8.18. The minimum absolute atomic E-state index is 0.171. The van der Waals surface area contributed by atoms with Gasteiger partial charge in [0.2, 0.25) is 0 Å². The van der Waals surface area contributed by atoms with Crippen LogP contribution in [0.25, 0.3) is 0 Å². The van der Waals surface area contributed by atoms with E-state index < -0.39 is 0 Å². The molecule has 0 bridgehead atoms. The summed E-state index contributed by atoms with van der Waals surface area (Å²) in [5, 5.41) is 3.22. The van der Waals surface area contributed by atoms with Crippen molar-refractivity contribution in [2.45, 2.75) is 25.8 Å². The lowest BCUT2D eigenvalue weighted by atomic mass is 10.0. The largest absolute Gasteiger partial charge is 0.313 e. The lowest BCUT2D eigenvalue weighted by Gasteiger charge is -2.15. The highest BCUT2D eigenvalue weighted by atomic mass is 19.1. The number of rotatable bonds is 4. The van der Waals surface area contributed by atoms with Gasteiger partial charge in [0.25, 0.3) is 0 Å². The van der Waals surface area contributed by atoms with E-state index in [1.807, 2.05) is 19.2 Å². The molecule has 0 saturated heterocycles. The Morgan fingerprint density at radius 2 is 1.92 bits per heavy atom. The first-order valence-corrected chi connectivity index (χ1v) is 4.70. The van der Waals surface area contributed by atoms with Crippen LogP contribution in [-0.2, 0) is 0 Å². The fraction of sp³-hybridized carbons (Fsp3) is 0.455. The number of hydrogen-bond acceptors (Lipinski definition) is 1. The third-order valence-corrected chi connectivity index (χ3v) is 2.20. The van der Waals surface area contributed by atoms with Crippen molar-refractivity contribution in [3.8, 4) is 0 Å². The van der Waals surface area contributed by atoms with Crippen molar-refractivity contribution >= 4 is 0 Å². The predicted molar refractivity (Wildman–Crippen MR) is 53.1 cm³/mol. The molecule has 0 spiro atoms. The average Bonchev–Trinajstić information content (AvgIpc) is 2.16. The van der Waals surface area contributed by atoms with Crippen LogP contribution in [0.4, 0.5) is 4.39 Å². The number of hydrogen-bond donors (Lipinski definition) is 1. The Morgan fingerprint density at radius 1 is 1.31 bits per heavy atom. The van der Waals surface area contributed by atoms with Crippen molar-refractivity contribution in [1.82, 2.24) is 5.32 Å². The minimum Gasteiger partial charge on any atom is -0.313 e. The summed E-state index contributed by atoms with van der Waals surface area (Å²) in [5.41, 5.74) is 1.16. The standard InChI is InChI=1S/C11H16FN/c1-3-4-11(13-2)9-5-7-10(12)8-6-9/h5-8,11,13H,3-4H2,1-2H3/t11-/m0/s1. The first kappa shape index (κ1) is 10.2. The molecule has 1 rings (SSSR count). The van der Waals surface area contributed by atoms with Gasteiger partial charge in [0.1, 0.15) is 5.82 Å². The lowest BCUT2D eigenvalue weighted by Crippen LogP contribution is -2.15. The van der Waals surface area contributed by atoms with Crippen LogP contribution in [0.2, 0.25) is 0 Å². The maximum atomic E-state index is 12.6. The fourth-order valence-corrected chi connectivity index (χ4v) is 1.46. The molecule has 0 heterocycles. The van der Waals surface area contributed by atoms with Gasteiger partial charge >= 0.3 is 0 Å². The highest BCUT2D eigenvalue weighted by molar-refractivity contribution is 5.19. The van der Waals surface area contributed by atoms with Gasteiger partial charge in [0, 0.05) is 6.04 Å². The van der Waals surface area contributed by atoms with Crippen LogP contribution in [0, 0.1) is 5.82 Å². The van der Waals surface area contributed by atoms with Crippen molar-refractivity contribution in [2.75, 3.05) is 7.05 Å². The quantitative estimate of drug-likeness (QED) is 0.753. The maximum absolute atomic E-state index is 12.6. The zero-order valence-electron chi connectivity index (χ0n) is 8.18. The molecule has 0 aliphatic heterocycles. The van der Waals surface area contributed by atoms with E-state index in [9.17, 15) is 4.39 Å². The number of benzene rings is 1. The summed E-state index contributed by atoms with van der Waals surface area (Å²) in [5.74, 6) is -0.171. The average molecular weight is 181 g/mol. The van der Waals surface area contributed by atoms with E-state index in [0.29, 0.717) is 6.04 Å². The molecule has 2 heteroatoms. The van der Waals surface area contributed by atoms with Gasteiger partial charge in [0.05, 0.1) is 0 Å².